The van der Waals surface area contributed by atoms with Crippen LogP contribution in [0, 0.1) is 3.57 Å². The maximum Gasteiger partial charge on any atom is 0.273 e. The number of nitrogens with one attached hydrogen (secondary N) is 1. The van der Waals surface area contributed by atoms with E-state index in [2.05, 4.69) is 33.1 Å². The van der Waals surface area contributed by atoms with E-state index in [9.17, 15) is 9.90 Å². The SMILES string of the molecule is O=C(N/N=C/c1ccccc1I)C(O)c1ccccc1. The zero-order valence-corrected chi connectivity index (χ0v) is 12.7. The maximum absolute atomic E-state index is 11.7. The predicted molar refractivity (Wildman–Crippen MR) is 86.3 cm³/mol. The van der Waals surface area contributed by atoms with Crippen molar-refractivity contribution in [3.8, 4) is 0 Å². The summed E-state index contributed by atoms with van der Waals surface area (Å²) in [6.07, 6.45) is 0.334. The topological polar surface area (TPSA) is 61.7 Å². The number of hydrogen-bond acceptors (Lipinski definition) is 3. The third-order valence-electron chi connectivity index (χ3n) is 2.65. The van der Waals surface area contributed by atoms with Gasteiger partial charge in [0.2, 0.25) is 0 Å². The van der Waals surface area contributed by atoms with Crippen molar-refractivity contribution in [3.05, 3.63) is 69.3 Å². The fraction of sp³-hybridized carbons (Fsp3) is 0.0667. The van der Waals surface area contributed by atoms with E-state index in [0.29, 0.717) is 5.56 Å². The van der Waals surface area contributed by atoms with Crippen molar-refractivity contribution in [1.82, 2.24) is 5.43 Å². The summed E-state index contributed by atoms with van der Waals surface area (Å²) in [6, 6.07) is 16.4. The van der Waals surface area contributed by atoms with E-state index in [0.717, 1.165) is 9.13 Å². The van der Waals surface area contributed by atoms with E-state index in [1.807, 2.05) is 30.3 Å². The number of benzene rings is 2. The molecule has 0 spiro atoms. The molecule has 2 rings (SSSR count). The fourth-order valence-corrected chi connectivity index (χ4v) is 2.12. The predicted octanol–water partition coefficient (Wildman–Crippen LogP) is 2.47. The molecule has 0 aliphatic carbocycles. The zero-order chi connectivity index (χ0) is 14.4. The highest BCUT2D eigenvalue weighted by atomic mass is 127. The largest absolute Gasteiger partial charge is 0.378 e. The Kier molecular flexibility index (Phi) is 5.25. The van der Waals surface area contributed by atoms with Crippen LogP contribution in [-0.4, -0.2) is 17.2 Å². The van der Waals surface area contributed by atoms with Crippen LogP contribution in [0.4, 0.5) is 0 Å². The lowest BCUT2D eigenvalue weighted by atomic mass is 10.1. The van der Waals surface area contributed by atoms with E-state index in [-0.39, 0.29) is 0 Å². The van der Waals surface area contributed by atoms with E-state index < -0.39 is 12.0 Å². The molecule has 0 aliphatic heterocycles. The minimum Gasteiger partial charge on any atom is -0.378 e. The second kappa shape index (κ2) is 7.16. The second-order valence-electron chi connectivity index (χ2n) is 4.07. The minimum atomic E-state index is -1.22. The lowest BCUT2D eigenvalue weighted by Gasteiger charge is -2.08. The summed E-state index contributed by atoms with van der Waals surface area (Å²) in [5, 5.41) is 13.7. The number of amides is 1. The third kappa shape index (κ3) is 3.88. The molecule has 5 heteroatoms. The summed E-state index contributed by atoms with van der Waals surface area (Å²) in [5.74, 6) is -0.557. The van der Waals surface area contributed by atoms with Gasteiger partial charge in [-0.1, -0.05) is 48.5 Å². The van der Waals surface area contributed by atoms with Crippen LogP contribution < -0.4 is 5.43 Å². The van der Waals surface area contributed by atoms with Crippen molar-refractivity contribution in [2.45, 2.75) is 6.10 Å². The highest BCUT2D eigenvalue weighted by Gasteiger charge is 2.15. The molecular weight excluding hydrogens is 367 g/mol. The smallest absolute Gasteiger partial charge is 0.273 e. The molecule has 2 aromatic rings. The Bertz CT molecular complexity index is 614. The number of aliphatic hydroxyl groups is 1. The van der Waals surface area contributed by atoms with Gasteiger partial charge >= 0.3 is 0 Å². The zero-order valence-electron chi connectivity index (χ0n) is 10.5. The van der Waals surface area contributed by atoms with Crippen molar-refractivity contribution in [1.29, 1.82) is 0 Å². The van der Waals surface area contributed by atoms with Gasteiger partial charge in [0.1, 0.15) is 0 Å². The molecule has 0 bridgehead atoms. The van der Waals surface area contributed by atoms with Gasteiger partial charge in [0, 0.05) is 9.13 Å². The van der Waals surface area contributed by atoms with E-state index >= 15 is 0 Å². The Hall–Kier alpha value is -1.73. The van der Waals surface area contributed by atoms with Crippen LogP contribution in [0.25, 0.3) is 0 Å². The van der Waals surface area contributed by atoms with Crippen molar-refractivity contribution >= 4 is 34.7 Å². The van der Waals surface area contributed by atoms with E-state index in [1.54, 1.807) is 30.5 Å². The van der Waals surface area contributed by atoms with Gasteiger partial charge in [-0.25, -0.2) is 5.43 Å². The Morgan fingerprint density at radius 2 is 1.80 bits per heavy atom. The molecule has 20 heavy (non-hydrogen) atoms. The standard InChI is InChI=1S/C15H13IN2O2/c16-13-9-5-4-8-12(13)10-17-18-15(20)14(19)11-6-2-1-3-7-11/h1-10,14,19H,(H,18,20)/b17-10+. The highest BCUT2D eigenvalue weighted by Crippen LogP contribution is 2.12. The Balaban J connectivity index is 1.97. The summed E-state index contributed by atoms with van der Waals surface area (Å²) in [4.78, 5) is 11.7. The van der Waals surface area contributed by atoms with Crippen LogP contribution in [-0.2, 0) is 4.79 Å². The van der Waals surface area contributed by atoms with Gasteiger partial charge in [-0.05, 0) is 34.2 Å². The number of halogens is 1. The third-order valence-corrected chi connectivity index (χ3v) is 3.63. The first kappa shape index (κ1) is 14.7. The van der Waals surface area contributed by atoms with Crippen molar-refractivity contribution in [3.63, 3.8) is 0 Å². The van der Waals surface area contributed by atoms with Crippen LogP contribution in [0.3, 0.4) is 0 Å². The maximum atomic E-state index is 11.7. The summed E-state index contributed by atoms with van der Waals surface area (Å²) >= 11 is 2.19. The molecule has 0 saturated heterocycles. The van der Waals surface area contributed by atoms with Crippen molar-refractivity contribution in [2.24, 2.45) is 5.10 Å². The average Bonchev–Trinajstić information content (AvgIpc) is 2.49. The van der Waals surface area contributed by atoms with Gasteiger partial charge in [0.05, 0.1) is 6.21 Å². The Morgan fingerprint density at radius 3 is 2.50 bits per heavy atom. The monoisotopic (exact) mass is 380 g/mol. The molecule has 2 N–H and O–H groups in total. The van der Waals surface area contributed by atoms with Gasteiger partial charge in [-0.2, -0.15) is 5.10 Å². The molecule has 0 saturated carbocycles. The lowest BCUT2D eigenvalue weighted by molar-refractivity contribution is -0.129. The highest BCUT2D eigenvalue weighted by molar-refractivity contribution is 14.1. The molecule has 0 aromatic heterocycles. The molecule has 4 nitrogen and oxygen atoms in total. The summed E-state index contributed by atoms with van der Waals surface area (Å²) < 4.78 is 1.03. The number of hydrogen-bond donors (Lipinski definition) is 2. The van der Waals surface area contributed by atoms with Gasteiger partial charge in [0.15, 0.2) is 6.10 Å². The molecule has 0 heterocycles. The number of carbonyl (C=O) groups is 1. The van der Waals surface area contributed by atoms with E-state index in [1.165, 1.54) is 0 Å². The number of aliphatic hydroxyl groups excluding tert-OH is 1. The molecule has 102 valence electrons. The molecule has 1 atom stereocenters. The number of nitrogens with zero attached hydrogens (tertiary/aromatic N) is 1. The van der Waals surface area contributed by atoms with Crippen LogP contribution in [0.15, 0.2) is 59.7 Å². The number of carbonyl (C=O) groups excluding carboxylic acids is 1. The van der Waals surface area contributed by atoms with Crippen LogP contribution in [0.5, 0.6) is 0 Å². The molecule has 0 aliphatic rings. The van der Waals surface area contributed by atoms with Gasteiger partial charge in [-0.3, -0.25) is 4.79 Å². The molecule has 1 unspecified atom stereocenters. The summed E-state index contributed by atoms with van der Waals surface area (Å²) in [5.41, 5.74) is 3.78. The first-order valence-electron chi connectivity index (χ1n) is 5.99. The van der Waals surface area contributed by atoms with Crippen LogP contribution >= 0.6 is 22.6 Å². The Morgan fingerprint density at radius 1 is 1.15 bits per heavy atom. The van der Waals surface area contributed by atoms with Gasteiger partial charge in [-0.15, -0.1) is 0 Å². The summed E-state index contributed by atoms with van der Waals surface area (Å²) in [6.45, 7) is 0. The van der Waals surface area contributed by atoms with Gasteiger partial charge in [0.25, 0.3) is 5.91 Å². The minimum absolute atomic E-state index is 0.537. The molecular formula is C15H13IN2O2. The fourth-order valence-electron chi connectivity index (χ4n) is 1.59. The van der Waals surface area contributed by atoms with Crippen molar-refractivity contribution in [2.75, 3.05) is 0 Å². The second-order valence-corrected chi connectivity index (χ2v) is 5.23. The number of rotatable bonds is 4. The lowest BCUT2D eigenvalue weighted by Crippen LogP contribution is -2.25. The van der Waals surface area contributed by atoms with Crippen LogP contribution in [0.1, 0.15) is 17.2 Å². The average molecular weight is 380 g/mol. The first-order chi connectivity index (χ1) is 9.68. The molecule has 2 aromatic carbocycles. The van der Waals surface area contributed by atoms with E-state index in [4.69, 9.17) is 0 Å². The quantitative estimate of drug-likeness (QED) is 0.487. The molecule has 0 radical (unpaired) electrons. The van der Waals surface area contributed by atoms with Crippen molar-refractivity contribution < 1.29 is 9.90 Å². The van der Waals surface area contributed by atoms with Gasteiger partial charge < -0.3 is 5.11 Å². The summed E-state index contributed by atoms with van der Waals surface area (Å²) in [7, 11) is 0. The number of hydrazone groups is 1. The molecule has 1 amide bonds. The van der Waals surface area contributed by atoms with Crippen LogP contribution in [0.2, 0.25) is 0 Å². The first-order valence-corrected chi connectivity index (χ1v) is 7.07. The normalized spacial score (nSPS) is 12.3. The Labute approximate surface area is 130 Å². The molecule has 0 fully saturated rings.